The van der Waals surface area contributed by atoms with E-state index in [1.54, 1.807) is 12.3 Å². The summed E-state index contributed by atoms with van der Waals surface area (Å²) in [6, 6.07) is 5.28. The third kappa shape index (κ3) is 3.60. The van der Waals surface area contributed by atoms with Crippen LogP contribution in [0.5, 0.6) is 0 Å². The number of allylic oxidation sites excluding steroid dienone is 1. The van der Waals surface area contributed by atoms with Gasteiger partial charge < -0.3 is 4.90 Å². The van der Waals surface area contributed by atoms with Crippen molar-refractivity contribution in [1.82, 2.24) is 10.2 Å². The highest BCUT2D eigenvalue weighted by Crippen LogP contribution is 2.29. The zero-order valence-electron chi connectivity index (χ0n) is 10.7. The Morgan fingerprint density at radius 3 is 2.80 bits per heavy atom. The number of halogens is 3. The molecule has 1 heterocycles. The van der Waals surface area contributed by atoms with E-state index in [0.717, 1.165) is 25.1 Å². The Hall–Kier alpha value is -1.82. The smallest absolute Gasteiger partial charge is 0.362 e. The number of hydrogen-bond acceptors (Lipinski definition) is 3. The second kappa shape index (κ2) is 6.09. The number of aldehydes is 1. The molecule has 1 aliphatic heterocycles. The van der Waals surface area contributed by atoms with Crippen molar-refractivity contribution in [2.75, 3.05) is 6.54 Å². The van der Waals surface area contributed by atoms with Crippen molar-refractivity contribution in [1.29, 1.82) is 0 Å². The minimum atomic E-state index is -4.31. The Kier molecular flexibility index (Phi) is 4.44. The number of hydrogen-bond donors (Lipinski definition) is 1. The second-order valence-corrected chi connectivity index (χ2v) is 4.60. The minimum Gasteiger partial charge on any atom is -0.362 e. The highest BCUT2D eigenvalue weighted by molar-refractivity contribution is 5.64. The summed E-state index contributed by atoms with van der Waals surface area (Å²) in [5, 5.41) is 3.16. The molecule has 1 aliphatic rings. The summed E-state index contributed by atoms with van der Waals surface area (Å²) in [7, 11) is 0. The van der Waals surface area contributed by atoms with E-state index >= 15 is 0 Å². The molecule has 1 unspecified atom stereocenters. The number of likely N-dealkylation sites (tertiary alicyclic amines) is 1. The van der Waals surface area contributed by atoms with Crippen LogP contribution in [0.15, 0.2) is 36.5 Å². The lowest BCUT2D eigenvalue weighted by Crippen LogP contribution is -2.52. The van der Waals surface area contributed by atoms with E-state index in [4.69, 9.17) is 0 Å². The fraction of sp³-hybridized carbons (Fsp3) is 0.357. The van der Waals surface area contributed by atoms with Crippen LogP contribution in [0.2, 0.25) is 0 Å². The lowest BCUT2D eigenvalue weighted by atomic mass is 10.1. The first-order valence-electron chi connectivity index (χ1n) is 6.28. The summed E-state index contributed by atoms with van der Waals surface area (Å²) in [4.78, 5) is 12.2. The Morgan fingerprint density at radius 2 is 2.20 bits per heavy atom. The lowest BCUT2D eigenvalue weighted by molar-refractivity contribution is -0.137. The third-order valence-corrected chi connectivity index (χ3v) is 3.21. The number of benzene rings is 1. The number of carbonyl (C=O) groups excluding carboxylic acids is 1. The molecule has 0 amide bonds. The largest absolute Gasteiger partial charge is 0.416 e. The van der Waals surface area contributed by atoms with Crippen molar-refractivity contribution in [3.8, 4) is 0 Å². The number of nitrogens with one attached hydrogen (secondary N) is 1. The predicted octanol–water partition coefficient (Wildman–Crippen LogP) is 2.54. The maximum Gasteiger partial charge on any atom is 0.416 e. The van der Waals surface area contributed by atoms with Gasteiger partial charge in [-0.25, -0.2) is 0 Å². The van der Waals surface area contributed by atoms with E-state index in [-0.39, 0.29) is 6.17 Å². The van der Waals surface area contributed by atoms with Crippen LogP contribution in [0.4, 0.5) is 13.2 Å². The van der Waals surface area contributed by atoms with Gasteiger partial charge in [0, 0.05) is 19.3 Å². The second-order valence-electron chi connectivity index (χ2n) is 4.60. The van der Waals surface area contributed by atoms with Gasteiger partial charge in [-0.3, -0.25) is 10.1 Å². The summed E-state index contributed by atoms with van der Waals surface area (Å²) in [6.07, 6.45) is 0.439. The molecule has 0 aliphatic carbocycles. The van der Waals surface area contributed by atoms with Crippen LogP contribution in [0.1, 0.15) is 17.5 Å². The van der Waals surface area contributed by atoms with E-state index in [2.05, 4.69) is 5.32 Å². The third-order valence-electron chi connectivity index (χ3n) is 3.21. The molecule has 0 bridgehead atoms. The summed E-state index contributed by atoms with van der Waals surface area (Å²) in [5.74, 6) is 0. The van der Waals surface area contributed by atoms with Crippen LogP contribution in [0.3, 0.4) is 0 Å². The van der Waals surface area contributed by atoms with Gasteiger partial charge in [-0.1, -0.05) is 18.2 Å². The minimum absolute atomic E-state index is 0.0701. The first kappa shape index (κ1) is 14.6. The van der Waals surface area contributed by atoms with E-state index in [1.807, 2.05) is 4.90 Å². The van der Waals surface area contributed by atoms with Crippen molar-refractivity contribution in [2.45, 2.75) is 25.3 Å². The first-order valence-corrected chi connectivity index (χ1v) is 6.28. The highest BCUT2D eigenvalue weighted by Gasteiger charge is 2.30. The monoisotopic (exact) mass is 284 g/mol. The van der Waals surface area contributed by atoms with Gasteiger partial charge in [-0.15, -0.1) is 0 Å². The van der Waals surface area contributed by atoms with Gasteiger partial charge in [0.1, 0.15) is 6.29 Å². The Labute approximate surface area is 115 Å². The van der Waals surface area contributed by atoms with E-state index in [9.17, 15) is 18.0 Å². The molecular weight excluding hydrogens is 269 g/mol. The average Bonchev–Trinajstić information content (AvgIpc) is 2.37. The summed E-state index contributed by atoms with van der Waals surface area (Å²) < 4.78 is 37.7. The topological polar surface area (TPSA) is 32.3 Å². The molecule has 1 N–H and O–H groups in total. The fourth-order valence-electron chi connectivity index (χ4n) is 2.04. The molecule has 0 radical (unpaired) electrons. The molecule has 1 fully saturated rings. The van der Waals surface area contributed by atoms with Crippen molar-refractivity contribution in [3.63, 3.8) is 0 Å². The number of alkyl halides is 3. The van der Waals surface area contributed by atoms with Crippen LogP contribution in [0, 0.1) is 0 Å². The molecule has 1 aromatic carbocycles. The van der Waals surface area contributed by atoms with Crippen molar-refractivity contribution < 1.29 is 18.0 Å². The van der Waals surface area contributed by atoms with E-state index < -0.39 is 11.7 Å². The van der Waals surface area contributed by atoms with Gasteiger partial charge in [0.15, 0.2) is 0 Å². The summed E-state index contributed by atoms with van der Waals surface area (Å²) in [5.41, 5.74) is -0.0471. The standard InChI is InChI=1S/C14H15F3N2O/c15-14(16,17)12-4-1-3-11(9-12)10-18-13-5-7-19(13)6-2-8-20/h1-4,6,8-9,13,18H,5,7,10H2. The van der Waals surface area contributed by atoms with Gasteiger partial charge in [0.05, 0.1) is 11.7 Å². The van der Waals surface area contributed by atoms with Gasteiger partial charge in [-0.05, 0) is 24.1 Å². The Morgan fingerprint density at radius 1 is 1.40 bits per heavy atom. The van der Waals surface area contributed by atoms with Crippen LogP contribution < -0.4 is 5.32 Å². The number of carbonyl (C=O) groups is 1. The van der Waals surface area contributed by atoms with E-state index in [1.165, 1.54) is 12.1 Å². The first-order chi connectivity index (χ1) is 9.50. The number of rotatable bonds is 5. The Balaban J connectivity index is 1.91. The van der Waals surface area contributed by atoms with Gasteiger partial charge in [0.25, 0.3) is 0 Å². The van der Waals surface area contributed by atoms with Gasteiger partial charge in [-0.2, -0.15) is 13.2 Å². The van der Waals surface area contributed by atoms with Crippen LogP contribution in [0.25, 0.3) is 0 Å². The molecule has 20 heavy (non-hydrogen) atoms. The molecule has 1 atom stereocenters. The summed E-state index contributed by atoms with van der Waals surface area (Å²) in [6.45, 7) is 1.20. The zero-order chi connectivity index (χ0) is 14.6. The molecule has 3 nitrogen and oxygen atoms in total. The summed E-state index contributed by atoms with van der Waals surface area (Å²) >= 11 is 0. The van der Waals surface area contributed by atoms with Crippen LogP contribution in [-0.4, -0.2) is 23.9 Å². The molecule has 0 spiro atoms. The fourth-order valence-corrected chi connectivity index (χ4v) is 2.04. The molecule has 1 aromatic rings. The van der Waals surface area contributed by atoms with Crippen LogP contribution >= 0.6 is 0 Å². The van der Waals surface area contributed by atoms with Gasteiger partial charge in [0.2, 0.25) is 0 Å². The molecular formula is C14H15F3N2O. The SMILES string of the molecule is O=CC=CN1CCC1NCc1cccc(C(F)(F)F)c1. The van der Waals surface area contributed by atoms with Crippen LogP contribution in [-0.2, 0) is 17.5 Å². The zero-order valence-corrected chi connectivity index (χ0v) is 10.7. The van der Waals surface area contributed by atoms with Crippen molar-refractivity contribution in [2.24, 2.45) is 0 Å². The maximum absolute atomic E-state index is 12.6. The van der Waals surface area contributed by atoms with Crippen molar-refractivity contribution >= 4 is 6.29 Å². The molecule has 1 saturated heterocycles. The molecule has 108 valence electrons. The van der Waals surface area contributed by atoms with E-state index in [0.29, 0.717) is 18.4 Å². The number of nitrogens with zero attached hydrogens (tertiary/aromatic N) is 1. The highest BCUT2D eigenvalue weighted by atomic mass is 19.4. The average molecular weight is 284 g/mol. The predicted molar refractivity (Wildman–Crippen MR) is 68.6 cm³/mol. The Bertz CT molecular complexity index is 499. The molecule has 6 heteroatoms. The lowest BCUT2D eigenvalue weighted by Gasteiger charge is -2.40. The molecule has 0 saturated carbocycles. The quantitative estimate of drug-likeness (QED) is 0.666. The molecule has 0 aromatic heterocycles. The maximum atomic E-state index is 12.6. The van der Waals surface area contributed by atoms with Gasteiger partial charge >= 0.3 is 6.18 Å². The van der Waals surface area contributed by atoms with Crippen molar-refractivity contribution in [3.05, 3.63) is 47.7 Å². The normalized spacial score (nSPS) is 19.1. The molecule has 2 rings (SSSR count).